The molecule has 0 saturated heterocycles. The van der Waals surface area contributed by atoms with Crippen molar-refractivity contribution in [1.29, 1.82) is 5.26 Å². The second-order valence-corrected chi connectivity index (χ2v) is 4.27. The summed E-state index contributed by atoms with van der Waals surface area (Å²) in [4.78, 5) is 1.07. The van der Waals surface area contributed by atoms with Crippen molar-refractivity contribution in [3.8, 4) is 6.07 Å². The quantitative estimate of drug-likeness (QED) is 0.743. The minimum atomic E-state index is -0.201. The molecular formula is C10H11N3S. The maximum absolute atomic E-state index is 9.09. The van der Waals surface area contributed by atoms with Crippen molar-refractivity contribution in [3.05, 3.63) is 22.4 Å². The van der Waals surface area contributed by atoms with Crippen LogP contribution in [0.2, 0.25) is 0 Å². The Kier molecular flexibility index (Phi) is 2.51. The molecule has 0 amide bonds. The Bertz CT molecular complexity index is 375. The number of thiophene rings is 1. The lowest BCUT2D eigenvalue weighted by molar-refractivity contribution is 0.278. The average molecular weight is 205 g/mol. The van der Waals surface area contributed by atoms with Crippen LogP contribution in [0.1, 0.15) is 24.3 Å². The molecule has 72 valence electrons. The van der Waals surface area contributed by atoms with Crippen LogP contribution in [-0.4, -0.2) is 17.3 Å². The Hall–Kier alpha value is -1.34. The Balaban J connectivity index is 2.20. The molecule has 1 aliphatic heterocycles. The summed E-state index contributed by atoms with van der Waals surface area (Å²) in [7, 11) is 0. The first kappa shape index (κ1) is 9.22. The molecule has 14 heavy (non-hydrogen) atoms. The topological polar surface area (TPSA) is 39.4 Å². The second kappa shape index (κ2) is 3.81. The van der Waals surface area contributed by atoms with Gasteiger partial charge in [0.2, 0.25) is 0 Å². The fourth-order valence-corrected chi connectivity index (χ4v) is 2.28. The molecular weight excluding hydrogens is 194 g/mol. The highest BCUT2D eigenvalue weighted by molar-refractivity contribution is 7.10. The molecule has 0 aliphatic carbocycles. The van der Waals surface area contributed by atoms with Crippen molar-refractivity contribution in [2.45, 2.75) is 19.4 Å². The number of hydrogen-bond acceptors (Lipinski definition) is 4. The predicted octanol–water partition coefficient (Wildman–Crippen LogP) is 2.39. The fourth-order valence-electron chi connectivity index (χ4n) is 1.51. The van der Waals surface area contributed by atoms with E-state index in [0.717, 1.165) is 23.6 Å². The van der Waals surface area contributed by atoms with E-state index >= 15 is 0 Å². The largest absolute Gasteiger partial charge is 0.274 e. The molecule has 2 heterocycles. The summed E-state index contributed by atoms with van der Waals surface area (Å²) in [6, 6.07) is 6.05. The van der Waals surface area contributed by atoms with Gasteiger partial charge in [0.15, 0.2) is 6.04 Å². The average Bonchev–Trinajstić information content (AvgIpc) is 2.79. The molecule has 1 aromatic heterocycles. The van der Waals surface area contributed by atoms with Gasteiger partial charge in [0.25, 0.3) is 0 Å². The molecule has 0 aromatic carbocycles. The lowest BCUT2D eigenvalue weighted by atomic mass is 10.2. The van der Waals surface area contributed by atoms with Gasteiger partial charge in [0, 0.05) is 23.6 Å². The van der Waals surface area contributed by atoms with Gasteiger partial charge in [0.1, 0.15) is 0 Å². The lowest BCUT2D eigenvalue weighted by Gasteiger charge is -2.18. The van der Waals surface area contributed by atoms with Gasteiger partial charge in [-0.15, -0.1) is 11.3 Å². The number of hydrazone groups is 1. The second-order valence-electron chi connectivity index (χ2n) is 3.30. The minimum absolute atomic E-state index is 0.201. The van der Waals surface area contributed by atoms with Crippen molar-refractivity contribution in [3.63, 3.8) is 0 Å². The van der Waals surface area contributed by atoms with E-state index in [1.165, 1.54) is 0 Å². The highest BCUT2D eigenvalue weighted by atomic mass is 32.1. The molecule has 0 spiro atoms. The van der Waals surface area contributed by atoms with Gasteiger partial charge in [-0.1, -0.05) is 6.07 Å². The Labute approximate surface area is 87.3 Å². The van der Waals surface area contributed by atoms with E-state index in [9.17, 15) is 0 Å². The van der Waals surface area contributed by atoms with Crippen LogP contribution < -0.4 is 0 Å². The summed E-state index contributed by atoms with van der Waals surface area (Å²) in [6.07, 6.45) is 0.976. The van der Waals surface area contributed by atoms with Crippen LogP contribution in [0.15, 0.2) is 22.6 Å². The Morgan fingerprint density at radius 1 is 1.71 bits per heavy atom. The Morgan fingerprint density at radius 3 is 3.07 bits per heavy atom. The van der Waals surface area contributed by atoms with Gasteiger partial charge in [-0.05, 0) is 18.4 Å². The molecule has 3 nitrogen and oxygen atoms in total. The number of nitrogens with zero attached hydrogens (tertiary/aromatic N) is 3. The molecule has 1 aromatic rings. The van der Waals surface area contributed by atoms with E-state index in [0.29, 0.717) is 0 Å². The van der Waals surface area contributed by atoms with E-state index < -0.39 is 0 Å². The van der Waals surface area contributed by atoms with Crippen LogP contribution in [0, 0.1) is 11.3 Å². The third-order valence-corrected chi connectivity index (χ3v) is 3.16. The number of hydrogen-bond donors (Lipinski definition) is 0. The zero-order chi connectivity index (χ0) is 9.97. The number of nitriles is 1. The molecule has 0 radical (unpaired) electrons. The maximum Gasteiger partial charge on any atom is 0.167 e. The Morgan fingerprint density at radius 2 is 2.57 bits per heavy atom. The zero-order valence-electron chi connectivity index (χ0n) is 7.97. The minimum Gasteiger partial charge on any atom is -0.274 e. The van der Waals surface area contributed by atoms with Crippen LogP contribution in [0.25, 0.3) is 0 Å². The first-order valence-electron chi connectivity index (χ1n) is 4.55. The van der Waals surface area contributed by atoms with Crippen molar-refractivity contribution < 1.29 is 0 Å². The van der Waals surface area contributed by atoms with Crippen LogP contribution in [0.3, 0.4) is 0 Å². The van der Waals surface area contributed by atoms with Crippen molar-refractivity contribution in [2.75, 3.05) is 6.54 Å². The normalized spacial score (nSPS) is 17.7. The monoisotopic (exact) mass is 205 g/mol. The van der Waals surface area contributed by atoms with Gasteiger partial charge in [-0.25, -0.2) is 0 Å². The summed E-state index contributed by atoms with van der Waals surface area (Å²) >= 11 is 1.61. The SMILES string of the molecule is CC1=NN([C@@H](C#N)c2cccs2)CC1. The third kappa shape index (κ3) is 1.64. The third-order valence-electron chi connectivity index (χ3n) is 2.23. The van der Waals surface area contributed by atoms with Crippen LogP contribution in [-0.2, 0) is 0 Å². The van der Waals surface area contributed by atoms with Crippen molar-refractivity contribution in [1.82, 2.24) is 5.01 Å². The molecule has 1 atom stereocenters. The maximum atomic E-state index is 9.09. The van der Waals surface area contributed by atoms with E-state index in [4.69, 9.17) is 5.26 Å². The van der Waals surface area contributed by atoms with Gasteiger partial charge in [-0.3, -0.25) is 5.01 Å². The van der Waals surface area contributed by atoms with E-state index in [1.807, 2.05) is 29.4 Å². The smallest absolute Gasteiger partial charge is 0.167 e. The molecule has 4 heteroatoms. The summed E-state index contributed by atoms with van der Waals surface area (Å²) in [5, 5.41) is 17.3. The van der Waals surface area contributed by atoms with Gasteiger partial charge >= 0.3 is 0 Å². The van der Waals surface area contributed by atoms with E-state index in [2.05, 4.69) is 11.2 Å². The van der Waals surface area contributed by atoms with Gasteiger partial charge < -0.3 is 0 Å². The molecule has 1 aliphatic rings. The molecule has 0 bridgehead atoms. The summed E-state index contributed by atoms with van der Waals surface area (Å²) < 4.78 is 0. The first-order valence-corrected chi connectivity index (χ1v) is 5.43. The molecule has 0 saturated carbocycles. The van der Waals surface area contributed by atoms with Crippen LogP contribution in [0.5, 0.6) is 0 Å². The predicted molar refractivity (Wildman–Crippen MR) is 57.1 cm³/mol. The highest BCUT2D eigenvalue weighted by Gasteiger charge is 2.22. The highest BCUT2D eigenvalue weighted by Crippen LogP contribution is 2.26. The summed E-state index contributed by atoms with van der Waals surface area (Å²) in [6.45, 7) is 2.87. The summed E-state index contributed by atoms with van der Waals surface area (Å²) in [5.41, 5.74) is 1.11. The zero-order valence-corrected chi connectivity index (χ0v) is 8.79. The van der Waals surface area contributed by atoms with E-state index in [1.54, 1.807) is 11.3 Å². The van der Waals surface area contributed by atoms with Crippen LogP contribution in [0.4, 0.5) is 0 Å². The van der Waals surface area contributed by atoms with Gasteiger partial charge in [-0.2, -0.15) is 10.4 Å². The first-order chi connectivity index (χ1) is 6.81. The molecule has 0 unspecified atom stereocenters. The van der Waals surface area contributed by atoms with Crippen molar-refractivity contribution in [2.24, 2.45) is 5.10 Å². The standard InChI is InChI=1S/C10H11N3S/c1-8-4-5-13(12-8)9(7-11)10-3-2-6-14-10/h2-3,6,9H,4-5H2,1H3/t9-/m0/s1. The van der Waals surface area contributed by atoms with Gasteiger partial charge in [0.05, 0.1) is 6.07 Å². The van der Waals surface area contributed by atoms with Crippen LogP contribution >= 0.6 is 11.3 Å². The van der Waals surface area contributed by atoms with E-state index in [-0.39, 0.29) is 6.04 Å². The molecule has 0 N–H and O–H groups in total. The molecule has 0 fully saturated rings. The van der Waals surface area contributed by atoms with Crippen molar-refractivity contribution >= 4 is 17.0 Å². The molecule has 2 rings (SSSR count). The number of rotatable bonds is 2. The fraction of sp³-hybridized carbons (Fsp3) is 0.400. The lowest BCUT2D eigenvalue weighted by Crippen LogP contribution is -2.19. The summed E-state index contributed by atoms with van der Waals surface area (Å²) in [5.74, 6) is 0.